The molecule has 0 spiro atoms. The lowest BCUT2D eigenvalue weighted by Crippen LogP contribution is -2.15. The second-order valence-corrected chi connectivity index (χ2v) is 3.14. The maximum atomic E-state index is 11.0. The van der Waals surface area contributed by atoms with Gasteiger partial charge in [-0.15, -0.1) is 0 Å². The maximum absolute atomic E-state index is 11.0. The van der Waals surface area contributed by atoms with Crippen molar-refractivity contribution in [2.75, 3.05) is 0 Å². The van der Waals surface area contributed by atoms with Gasteiger partial charge < -0.3 is 5.73 Å². The molecule has 0 aliphatic rings. The Morgan fingerprint density at radius 2 is 2.38 bits per heavy atom. The number of aromatic nitrogens is 1. The molecule has 1 atom stereocenters. The quantitative estimate of drug-likeness (QED) is 0.765. The minimum atomic E-state index is -0.400. The molecule has 1 heterocycles. The van der Waals surface area contributed by atoms with Crippen LogP contribution in [0, 0.1) is 0 Å². The van der Waals surface area contributed by atoms with Crippen molar-refractivity contribution in [2.24, 2.45) is 5.73 Å². The monoisotopic (exact) mass is 178 g/mol. The van der Waals surface area contributed by atoms with Crippen molar-refractivity contribution >= 4 is 5.91 Å². The Morgan fingerprint density at radius 1 is 1.69 bits per heavy atom. The van der Waals surface area contributed by atoms with Crippen LogP contribution in [0.3, 0.4) is 0 Å². The molecule has 0 aliphatic carbocycles. The number of hydrogen-bond donors (Lipinski definition) is 1. The Balaban J connectivity index is 3.11. The third-order valence-corrected chi connectivity index (χ3v) is 2.26. The van der Waals surface area contributed by atoms with Crippen LogP contribution in [0.2, 0.25) is 0 Å². The summed E-state index contributed by atoms with van der Waals surface area (Å²) >= 11 is 0. The Hall–Kier alpha value is -1.38. The van der Waals surface area contributed by atoms with Gasteiger partial charge in [-0.25, -0.2) is 0 Å². The highest BCUT2D eigenvalue weighted by Gasteiger charge is 2.11. The summed E-state index contributed by atoms with van der Waals surface area (Å²) in [6.45, 7) is 4.15. The summed E-state index contributed by atoms with van der Waals surface area (Å²) in [5.41, 5.74) is 6.76. The fourth-order valence-electron chi connectivity index (χ4n) is 1.26. The molecule has 0 aliphatic heterocycles. The molecule has 1 unspecified atom stereocenters. The Kier molecular flexibility index (Phi) is 3.01. The topological polar surface area (TPSA) is 56.0 Å². The van der Waals surface area contributed by atoms with Gasteiger partial charge in [-0.2, -0.15) is 0 Å². The van der Waals surface area contributed by atoms with Gasteiger partial charge in [-0.3, -0.25) is 9.78 Å². The number of primary amides is 1. The van der Waals surface area contributed by atoms with Crippen LogP contribution >= 0.6 is 0 Å². The molecule has 70 valence electrons. The molecule has 1 amide bonds. The average Bonchev–Trinajstić information content (AvgIpc) is 2.16. The van der Waals surface area contributed by atoms with E-state index < -0.39 is 5.91 Å². The standard InChI is InChI=1S/C10H14N2O/c1-3-7(2)8-4-5-12-6-9(8)10(11)13/h4-7H,3H2,1-2H3,(H2,11,13). The molecule has 3 nitrogen and oxygen atoms in total. The lowest BCUT2D eigenvalue weighted by atomic mass is 9.95. The number of hydrogen-bond acceptors (Lipinski definition) is 2. The van der Waals surface area contributed by atoms with E-state index in [0.717, 1.165) is 12.0 Å². The van der Waals surface area contributed by atoms with E-state index in [1.54, 1.807) is 6.20 Å². The van der Waals surface area contributed by atoms with Crippen molar-refractivity contribution in [3.05, 3.63) is 29.6 Å². The Morgan fingerprint density at radius 3 is 2.92 bits per heavy atom. The first-order valence-electron chi connectivity index (χ1n) is 4.40. The van der Waals surface area contributed by atoms with Gasteiger partial charge in [0.15, 0.2) is 0 Å². The molecule has 0 radical (unpaired) electrons. The molecular formula is C10H14N2O. The van der Waals surface area contributed by atoms with Gasteiger partial charge >= 0.3 is 0 Å². The van der Waals surface area contributed by atoms with Crippen LogP contribution in [0.25, 0.3) is 0 Å². The predicted molar refractivity (Wildman–Crippen MR) is 51.5 cm³/mol. The van der Waals surface area contributed by atoms with Gasteiger partial charge in [0, 0.05) is 12.4 Å². The van der Waals surface area contributed by atoms with Gasteiger partial charge in [0.05, 0.1) is 5.56 Å². The van der Waals surface area contributed by atoms with E-state index in [1.165, 1.54) is 6.20 Å². The molecule has 1 rings (SSSR count). The molecule has 1 aromatic heterocycles. The number of amides is 1. The molecule has 2 N–H and O–H groups in total. The smallest absolute Gasteiger partial charge is 0.250 e. The van der Waals surface area contributed by atoms with E-state index in [4.69, 9.17) is 5.73 Å². The van der Waals surface area contributed by atoms with Crippen LogP contribution in [0.15, 0.2) is 18.5 Å². The van der Waals surface area contributed by atoms with E-state index in [9.17, 15) is 4.79 Å². The van der Waals surface area contributed by atoms with Crippen LogP contribution in [-0.4, -0.2) is 10.9 Å². The van der Waals surface area contributed by atoms with E-state index in [2.05, 4.69) is 18.8 Å². The normalized spacial score (nSPS) is 12.5. The summed E-state index contributed by atoms with van der Waals surface area (Å²) in [6.07, 6.45) is 4.21. The van der Waals surface area contributed by atoms with Gasteiger partial charge in [-0.1, -0.05) is 13.8 Å². The first-order valence-corrected chi connectivity index (χ1v) is 4.40. The summed E-state index contributed by atoms with van der Waals surface area (Å²) in [7, 11) is 0. The van der Waals surface area contributed by atoms with Crippen molar-refractivity contribution in [3.63, 3.8) is 0 Å². The van der Waals surface area contributed by atoms with Gasteiger partial charge in [-0.05, 0) is 24.0 Å². The van der Waals surface area contributed by atoms with Crippen LogP contribution in [-0.2, 0) is 0 Å². The molecule has 1 aromatic rings. The number of nitrogens with two attached hydrogens (primary N) is 1. The van der Waals surface area contributed by atoms with Crippen molar-refractivity contribution in [3.8, 4) is 0 Å². The summed E-state index contributed by atoms with van der Waals surface area (Å²) in [5.74, 6) is -0.0473. The highest BCUT2D eigenvalue weighted by molar-refractivity contribution is 5.94. The number of carbonyl (C=O) groups is 1. The summed E-state index contributed by atoms with van der Waals surface area (Å²) in [5, 5.41) is 0. The zero-order valence-electron chi connectivity index (χ0n) is 7.95. The molecule has 0 saturated heterocycles. The van der Waals surface area contributed by atoms with Crippen molar-refractivity contribution in [2.45, 2.75) is 26.2 Å². The van der Waals surface area contributed by atoms with Crippen LogP contribution in [0.5, 0.6) is 0 Å². The second kappa shape index (κ2) is 4.03. The first kappa shape index (κ1) is 9.71. The molecule has 0 aromatic carbocycles. The maximum Gasteiger partial charge on any atom is 0.250 e. The summed E-state index contributed by atoms with van der Waals surface area (Å²) in [6, 6.07) is 1.86. The molecule has 13 heavy (non-hydrogen) atoms. The van der Waals surface area contributed by atoms with E-state index in [-0.39, 0.29) is 0 Å². The lowest BCUT2D eigenvalue weighted by Gasteiger charge is -2.11. The second-order valence-electron chi connectivity index (χ2n) is 3.14. The molecular weight excluding hydrogens is 164 g/mol. The van der Waals surface area contributed by atoms with E-state index in [1.807, 2.05) is 6.07 Å². The predicted octanol–water partition coefficient (Wildman–Crippen LogP) is 1.69. The Bertz CT molecular complexity index is 310. The fourth-order valence-corrected chi connectivity index (χ4v) is 1.26. The van der Waals surface area contributed by atoms with Crippen LogP contribution < -0.4 is 5.73 Å². The highest BCUT2D eigenvalue weighted by Crippen LogP contribution is 2.21. The number of carbonyl (C=O) groups excluding carboxylic acids is 1. The van der Waals surface area contributed by atoms with Crippen LogP contribution in [0.1, 0.15) is 42.1 Å². The fraction of sp³-hybridized carbons (Fsp3) is 0.400. The summed E-state index contributed by atoms with van der Waals surface area (Å²) < 4.78 is 0. The zero-order valence-corrected chi connectivity index (χ0v) is 7.95. The molecule has 0 saturated carbocycles. The number of nitrogens with zero attached hydrogens (tertiary/aromatic N) is 1. The van der Waals surface area contributed by atoms with Crippen LogP contribution in [0.4, 0.5) is 0 Å². The van der Waals surface area contributed by atoms with Crippen molar-refractivity contribution < 1.29 is 4.79 Å². The largest absolute Gasteiger partial charge is 0.366 e. The third-order valence-electron chi connectivity index (χ3n) is 2.26. The van der Waals surface area contributed by atoms with Crippen molar-refractivity contribution in [1.29, 1.82) is 0 Å². The van der Waals surface area contributed by atoms with Gasteiger partial charge in [0.2, 0.25) is 0 Å². The molecule has 0 bridgehead atoms. The summed E-state index contributed by atoms with van der Waals surface area (Å²) in [4.78, 5) is 14.9. The molecule has 0 fully saturated rings. The molecule has 3 heteroatoms. The third kappa shape index (κ3) is 2.05. The minimum absolute atomic E-state index is 0.352. The minimum Gasteiger partial charge on any atom is -0.366 e. The first-order chi connectivity index (χ1) is 6.16. The average molecular weight is 178 g/mol. The van der Waals surface area contributed by atoms with Gasteiger partial charge in [0.1, 0.15) is 0 Å². The number of rotatable bonds is 3. The lowest BCUT2D eigenvalue weighted by molar-refractivity contribution is 0.0998. The Labute approximate surface area is 78.0 Å². The van der Waals surface area contributed by atoms with Crippen molar-refractivity contribution in [1.82, 2.24) is 4.98 Å². The number of pyridine rings is 1. The zero-order chi connectivity index (χ0) is 9.84. The highest BCUT2D eigenvalue weighted by atomic mass is 16.1. The van der Waals surface area contributed by atoms with E-state index in [0.29, 0.717) is 11.5 Å². The SMILES string of the molecule is CCC(C)c1ccncc1C(N)=O. The van der Waals surface area contributed by atoms with E-state index >= 15 is 0 Å². The van der Waals surface area contributed by atoms with Gasteiger partial charge in [0.25, 0.3) is 5.91 Å².